The number of rotatable bonds is 7. The van der Waals surface area contributed by atoms with E-state index in [1.54, 1.807) is 12.0 Å². The van der Waals surface area contributed by atoms with Gasteiger partial charge in [-0.15, -0.1) is 0 Å². The number of amides is 1. The highest BCUT2D eigenvalue weighted by Crippen LogP contribution is 2.36. The molecular formula is C30H35F2N3O4. The molecule has 9 heteroatoms. The van der Waals surface area contributed by atoms with E-state index >= 15 is 0 Å². The first kappa shape index (κ1) is 27.3. The third-order valence-corrected chi connectivity index (χ3v) is 8.14. The van der Waals surface area contributed by atoms with Gasteiger partial charge < -0.3 is 24.8 Å². The molecule has 3 aromatic rings. The van der Waals surface area contributed by atoms with Crippen LogP contribution < -0.4 is 4.74 Å². The lowest BCUT2D eigenvalue weighted by molar-refractivity contribution is -0.128. The average Bonchev–Trinajstić information content (AvgIpc) is 3.35. The van der Waals surface area contributed by atoms with Crippen molar-refractivity contribution < 1.29 is 28.5 Å². The number of methoxy groups -OCH3 is 1. The normalized spacial score (nSPS) is 22.0. The molecule has 1 amide bonds. The number of halogens is 2. The molecule has 2 saturated heterocycles. The van der Waals surface area contributed by atoms with Gasteiger partial charge in [0.2, 0.25) is 5.91 Å². The number of para-hydroxylation sites is 1. The van der Waals surface area contributed by atoms with Gasteiger partial charge in [-0.1, -0.05) is 12.1 Å². The number of likely N-dealkylation sites (tertiary alicyclic amines) is 2. The fraction of sp³-hybridized carbons (Fsp3) is 0.433. The summed E-state index contributed by atoms with van der Waals surface area (Å²) in [5, 5.41) is 23.0. The predicted molar refractivity (Wildman–Crippen MR) is 145 cm³/mol. The van der Waals surface area contributed by atoms with Crippen molar-refractivity contribution in [2.45, 2.75) is 37.4 Å². The smallest absolute Gasteiger partial charge is 0.246 e. The van der Waals surface area contributed by atoms with E-state index < -0.39 is 23.8 Å². The zero-order chi connectivity index (χ0) is 27.5. The van der Waals surface area contributed by atoms with Crippen molar-refractivity contribution in [2.75, 3.05) is 39.8 Å². The Morgan fingerprint density at radius 1 is 1.15 bits per heavy atom. The number of ether oxygens (including phenoxy) is 1. The first-order valence-corrected chi connectivity index (χ1v) is 13.5. The predicted octanol–water partition coefficient (Wildman–Crippen LogP) is 3.92. The molecule has 0 saturated carbocycles. The Hall–Kier alpha value is -3.27. The first-order valence-electron chi connectivity index (χ1n) is 13.5. The zero-order valence-electron chi connectivity index (χ0n) is 22.0. The number of hydrogen-bond acceptors (Lipinski definition) is 5. The summed E-state index contributed by atoms with van der Waals surface area (Å²) in [5.41, 5.74) is 2.31. The Balaban J connectivity index is 1.11. The minimum atomic E-state index is -0.688. The van der Waals surface area contributed by atoms with Gasteiger partial charge in [0.25, 0.3) is 0 Å². The molecule has 39 heavy (non-hydrogen) atoms. The first-order chi connectivity index (χ1) is 18.8. The summed E-state index contributed by atoms with van der Waals surface area (Å²) in [5.74, 6) is -0.747. The minimum Gasteiger partial charge on any atom is -0.495 e. The number of carbonyl (C=O) groups is 1. The van der Waals surface area contributed by atoms with Crippen LogP contribution in [-0.2, 0) is 4.79 Å². The minimum absolute atomic E-state index is 0.00502. The van der Waals surface area contributed by atoms with Crippen molar-refractivity contribution >= 4 is 22.9 Å². The molecule has 2 aliphatic heterocycles. The van der Waals surface area contributed by atoms with Gasteiger partial charge in [-0.25, -0.2) is 8.78 Å². The van der Waals surface area contributed by atoms with E-state index in [-0.39, 0.29) is 17.7 Å². The van der Waals surface area contributed by atoms with E-state index in [1.165, 1.54) is 24.3 Å². The third kappa shape index (κ3) is 6.16. The third-order valence-electron chi connectivity index (χ3n) is 8.14. The molecule has 3 N–H and O–H groups in total. The van der Waals surface area contributed by atoms with Crippen LogP contribution in [-0.4, -0.2) is 82.9 Å². The number of nitrogens with zero attached hydrogens (tertiary/aromatic N) is 2. The van der Waals surface area contributed by atoms with Crippen LogP contribution in [0.5, 0.6) is 5.75 Å². The molecule has 0 aliphatic carbocycles. The average molecular weight is 540 g/mol. The van der Waals surface area contributed by atoms with Crippen molar-refractivity contribution in [3.8, 4) is 5.75 Å². The maximum absolute atomic E-state index is 13.4. The molecule has 0 spiro atoms. The Morgan fingerprint density at radius 2 is 1.90 bits per heavy atom. The highest BCUT2D eigenvalue weighted by Gasteiger charge is 2.33. The van der Waals surface area contributed by atoms with Crippen molar-refractivity contribution in [1.29, 1.82) is 0 Å². The Kier molecular flexibility index (Phi) is 8.30. The van der Waals surface area contributed by atoms with Gasteiger partial charge in [0, 0.05) is 55.8 Å². The van der Waals surface area contributed by atoms with Crippen molar-refractivity contribution in [2.24, 2.45) is 5.92 Å². The second-order valence-electron chi connectivity index (χ2n) is 10.6. The number of nitrogens with one attached hydrogen (secondary N) is 1. The molecule has 1 aromatic heterocycles. The summed E-state index contributed by atoms with van der Waals surface area (Å²) in [6.07, 6.45) is 5.75. The van der Waals surface area contributed by atoms with Crippen LogP contribution in [0, 0.1) is 17.6 Å². The van der Waals surface area contributed by atoms with E-state index in [0.717, 1.165) is 41.2 Å². The highest BCUT2D eigenvalue weighted by atomic mass is 19.1. The van der Waals surface area contributed by atoms with E-state index in [1.807, 2.05) is 24.4 Å². The molecule has 0 radical (unpaired) electrons. The quantitative estimate of drug-likeness (QED) is 0.396. The van der Waals surface area contributed by atoms with E-state index in [2.05, 4.69) is 9.88 Å². The number of aromatic amines is 1. The number of aliphatic hydroxyl groups is 2. The lowest BCUT2D eigenvalue weighted by Crippen LogP contribution is -2.48. The standard InChI is InChI=1S/C30H35F2N3O4/c1-39-28-4-2-3-24-25(16-33-30(24)28)23-9-10-34(18-27(23)37)17-26(36)20-7-11-35(12-8-20)29(38)6-5-19-13-21(31)15-22(32)14-19/h2-6,13-16,20,23,26-27,33,36-37H,7-12,17-18H2,1H3/b6-5+. The number of fused-ring (bicyclic) bond motifs is 1. The lowest BCUT2D eigenvalue weighted by Gasteiger charge is -2.39. The van der Waals surface area contributed by atoms with Crippen LogP contribution in [0.3, 0.4) is 0 Å². The maximum Gasteiger partial charge on any atom is 0.246 e. The summed E-state index contributed by atoms with van der Waals surface area (Å²) in [4.78, 5) is 19.7. The van der Waals surface area contributed by atoms with Crippen LogP contribution in [0.25, 0.3) is 17.0 Å². The molecule has 3 unspecified atom stereocenters. The molecule has 7 nitrogen and oxygen atoms in total. The van der Waals surface area contributed by atoms with Gasteiger partial charge in [-0.3, -0.25) is 9.69 Å². The van der Waals surface area contributed by atoms with Crippen molar-refractivity contribution in [3.63, 3.8) is 0 Å². The van der Waals surface area contributed by atoms with Gasteiger partial charge >= 0.3 is 0 Å². The summed E-state index contributed by atoms with van der Waals surface area (Å²) < 4.78 is 32.2. The van der Waals surface area contributed by atoms with Gasteiger partial charge in [0.15, 0.2) is 0 Å². The summed E-state index contributed by atoms with van der Waals surface area (Å²) in [7, 11) is 1.64. The second-order valence-corrected chi connectivity index (χ2v) is 10.6. The van der Waals surface area contributed by atoms with Gasteiger partial charge in [-0.2, -0.15) is 0 Å². The van der Waals surface area contributed by atoms with Crippen molar-refractivity contribution in [3.05, 3.63) is 71.4 Å². The molecule has 2 aliphatic rings. The monoisotopic (exact) mass is 539 g/mol. The van der Waals surface area contributed by atoms with Crippen LogP contribution >= 0.6 is 0 Å². The summed E-state index contributed by atoms with van der Waals surface area (Å²) >= 11 is 0. The van der Waals surface area contributed by atoms with Gasteiger partial charge in [-0.05, 0) is 67.1 Å². The van der Waals surface area contributed by atoms with Gasteiger partial charge in [0.1, 0.15) is 17.4 Å². The summed E-state index contributed by atoms with van der Waals surface area (Å²) in [6.45, 7) is 2.77. The Bertz CT molecular complexity index is 1310. The summed E-state index contributed by atoms with van der Waals surface area (Å²) in [6, 6.07) is 9.05. The number of hydrogen-bond donors (Lipinski definition) is 3. The molecule has 2 aromatic carbocycles. The topological polar surface area (TPSA) is 89.0 Å². The fourth-order valence-corrected chi connectivity index (χ4v) is 6.01. The van der Waals surface area contributed by atoms with E-state index in [0.29, 0.717) is 44.6 Å². The molecular weight excluding hydrogens is 504 g/mol. The Morgan fingerprint density at radius 3 is 2.59 bits per heavy atom. The molecule has 5 rings (SSSR count). The fourth-order valence-electron chi connectivity index (χ4n) is 6.01. The van der Waals surface area contributed by atoms with Crippen LogP contribution in [0.1, 0.15) is 36.3 Å². The number of β-amino-alcohol motifs (C(OH)–C–C–N with tert-alkyl or cyclic N) is 2. The Labute approximate surface area is 226 Å². The highest BCUT2D eigenvalue weighted by molar-refractivity contribution is 5.92. The molecule has 3 heterocycles. The zero-order valence-corrected chi connectivity index (χ0v) is 22.0. The van der Waals surface area contributed by atoms with Crippen LogP contribution in [0.15, 0.2) is 48.7 Å². The SMILES string of the molecule is COc1cccc2c(C3CCN(CC(O)C4CCN(C(=O)/C=C/c5cc(F)cc(F)c5)CC4)CC3O)c[nH]c12. The maximum atomic E-state index is 13.4. The van der Waals surface area contributed by atoms with Crippen molar-refractivity contribution in [1.82, 2.24) is 14.8 Å². The largest absolute Gasteiger partial charge is 0.495 e. The molecule has 208 valence electrons. The van der Waals surface area contributed by atoms with Gasteiger partial charge in [0.05, 0.1) is 24.8 Å². The van der Waals surface area contributed by atoms with E-state index in [9.17, 15) is 23.8 Å². The van der Waals surface area contributed by atoms with Crippen LogP contribution in [0.2, 0.25) is 0 Å². The van der Waals surface area contributed by atoms with E-state index in [4.69, 9.17) is 4.74 Å². The molecule has 3 atom stereocenters. The number of aromatic nitrogens is 1. The number of aliphatic hydroxyl groups excluding tert-OH is 2. The number of piperidine rings is 2. The number of carbonyl (C=O) groups excluding carboxylic acids is 1. The number of benzene rings is 2. The van der Waals surface area contributed by atoms with Crippen LogP contribution in [0.4, 0.5) is 8.78 Å². The number of H-pyrrole nitrogens is 1. The molecule has 2 fully saturated rings. The molecule has 0 bridgehead atoms. The second kappa shape index (κ2) is 11.9. The lowest BCUT2D eigenvalue weighted by atomic mass is 9.86.